The molecule has 64 heavy (non-hydrogen) atoms. The largest absolute Gasteiger partial charge is 0.484 e. The molecule has 1 aromatic heterocycles. The molecular formula is C53H50O11. The fourth-order valence-corrected chi connectivity index (χ4v) is 7.33. The van der Waals surface area contributed by atoms with Gasteiger partial charge in [-0.15, -0.1) is 0 Å². The Morgan fingerprint density at radius 2 is 1.03 bits per heavy atom. The van der Waals surface area contributed by atoms with Crippen LogP contribution in [0.2, 0.25) is 0 Å². The van der Waals surface area contributed by atoms with E-state index in [0.717, 1.165) is 27.8 Å². The van der Waals surface area contributed by atoms with Crippen molar-refractivity contribution in [3.63, 3.8) is 0 Å². The van der Waals surface area contributed by atoms with Crippen molar-refractivity contribution in [2.24, 2.45) is 0 Å². The molecule has 1 aliphatic rings. The van der Waals surface area contributed by atoms with E-state index in [1.54, 1.807) is 25.1 Å². The standard InChI is InChI=1S/C53H50O11/c1-2-46(54)64-50-47(57-32-38-20-10-4-11-21-38)43-29-28-42(30-44(43)62-52(50)55)61-53-51(60-35-41-26-16-7-17-27-41)49(59-34-40-24-14-6-15-25-40)48(58-33-39-22-12-5-13-23-39)45(63-53)36-56-31-37-18-8-3-9-19-37/h3-30,45,48-49,51,53H,2,31-36H2,1H3/t45-,48-,49+,51+,53+/m1/s1. The highest BCUT2D eigenvalue weighted by Crippen LogP contribution is 2.37. The lowest BCUT2D eigenvalue weighted by molar-refractivity contribution is -0.310. The molecular weight excluding hydrogens is 813 g/mol. The second-order valence-electron chi connectivity index (χ2n) is 15.3. The first kappa shape index (κ1) is 44.0. The van der Waals surface area contributed by atoms with Gasteiger partial charge in [0.15, 0.2) is 5.75 Å². The number of fused-ring (bicyclic) bond motifs is 1. The van der Waals surface area contributed by atoms with Gasteiger partial charge in [0, 0.05) is 12.5 Å². The summed E-state index contributed by atoms with van der Waals surface area (Å²) < 4.78 is 57.9. The average Bonchev–Trinajstić information content (AvgIpc) is 3.34. The average molecular weight is 863 g/mol. The first-order valence-corrected chi connectivity index (χ1v) is 21.4. The Labute approximate surface area is 372 Å². The summed E-state index contributed by atoms with van der Waals surface area (Å²) in [6, 6.07) is 54.0. The second kappa shape index (κ2) is 22.2. The van der Waals surface area contributed by atoms with Crippen LogP contribution in [0.15, 0.2) is 179 Å². The molecule has 11 heteroatoms. The lowest BCUT2D eigenvalue weighted by atomic mass is 9.97. The highest BCUT2D eigenvalue weighted by atomic mass is 16.7. The first-order chi connectivity index (χ1) is 31.5. The maximum Gasteiger partial charge on any atom is 0.383 e. The Balaban J connectivity index is 1.15. The monoisotopic (exact) mass is 862 g/mol. The van der Waals surface area contributed by atoms with Crippen LogP contribution in [0.1, 0.15) is 41.2 Å². The molecule has 0 saturated carbocycles. The third-order valence-electron chi connectivity index (χ3n) is 10.6. The minimum absolute atomic E-state index is 0.0454. The molecule has 0 spiro atoms. The van der Waals surface area contributed by atoms with Crippen molar-refractivity contribution in [2.75, 3.05) is 6.61 Å². The second-order valence-corrected chi connectivity index (χ2v) is 15.3. The van der Waals surface area contributed by atoms with Crippen LogP contribution in [-0.2, 0) is 61.5 Å². The summed E-state index contributed by atoms with van der Waals surface area (Å²) in [6.07, 6.45) is -3.98. The Bertz CT molecular complexity index is 2570. The van der Waals surface area contributed by atoms with Crippen molar-refractivity contribution in [1.29, 1.82) is 0 Å². The normalized spacial score (nSPS) is 18.4. The van der Waals surface area contributed by atoms with Crippen LogP contribution >= 0.6 is 0 Å². The van der Waals surface area contributed by atoms with Crippen molar-refractivity contribution in [2.45, 2.75) is 77.1 Å². The molecule has 0 bridgehead atoms. The van der Waals surface area contributed by atoms with Crippen molar-refractivity contribution < 1.29 is 47.1 Å². The van der Waals surface area contributed by atoms with E-state index < -0.39 is 42.3 Å². The molecule has 1 aliphatic heterocycles. The van der Waals surface area contributed by atoms with Crippen LogP contribution < -0.4 is 19.8 Å². The van der Waals surface area contributed by atoms with Gasteiger partial charge in [-0.3, -0.25) is 4.79 Å². The van der Waals surface area contributed by atoms with Crippen molar-refractivity contribution in [1.82, 2.24) is 0 Å². The molecule has 11 nitrogen and oxygen atoms in total. The minimum Gasteiger partial charge on any atom is -0.484 e. The Kier molecular flexibility index (Phi) is 15.2. The Morgan fingerprint density at radius 3 is 1.56 bits per heavy atom. The summed E-state index contributed by atoms with van der Waals surface area (Å²) in [7, 11) is 0. The lowest BCUT2D eigenvalue weighted by Gasteiger charge is -2.45. The molecule has 6 aromatic carbocycles. The highest BCUT2D eigenvalue weighted by Gasteiger charge is 2.50. The molecule has 2 heterocycles. The van der Waals surface area contributed by atoms with E-state index in [4.69, 9.17) is 42.3 Å². The summed E-state index contributed by atoms with van der Waals surface area (Å²) >= 11 is 0. The zero-order valence-corrected chi connectivity index (χ0v) is 35.5. The van der Waals surface area contributed by atoms with Gasteiger partial charge in [0.1, 0.15) is 42.4 Å². The number of rotatable bonds is 20. The van der Waals surface area contributed by atoms with Crippen LogP contribution in [-0.4, -0.2) is 43.3 Å². The molecule has 328 valence electrons. The maximum absolute atomic E-state index is 13.5. The first-order valence-electron chi connectivity index (χ1n) is 21.4. The van der Waals surface area contributed by atoms with E-state index >= 15 is 0 Å². The fraction of sp³-hybridized carbons (Fsp3) is 0.245. The van der Waals surface area contributed by atoms with Crippen LogP contribution in [0.25, 0.3) is 11.0 Å². The smallest absolute Gasteiger partial charge is 0.383 e. The molecule has 1 saturated heterocycles. The number of hydrogen-bond donors (Lipinski definition) is 0. The molecule has 1 fully saturated rings. The van der Waals surface area contributed by atoms with E-state index in [0.29, 0.717) is 17.7 Å². The van der Waals surface area contributed by atoms with Gasteiger partial charge in [0.25, 0.3) is 5.75 Å². The van der Waals surface area contributed by atoms with Gasteiger partial charge in [-0.2, -0.15) is 0 Å². The van der Waals surface area contributed by atoms with Gasteiger partial charge in [0.05, 0.1) is 38.4 Å². The van der Waals surface area contributed by atoms with Crippen LogP contribution in [0, 0.1) is 0 Å². The molecule has 0 unspecified atom stereocenters. The number of benzene rings is 6. The molecule has 0 amide bonds. The van der Waals surface area contributed by atoms with Crippen molar-refractivity contribution >= 4 is 16.9 Å². The number of esters is 1. The fourth-order valence-electron chi connectivity index (χ4n) is 7.33. The number of carbonyl (C=O) groups is 1. The van der Waals surface area contributed by atoms with Gasteiger partial charge >= 0.3 is 11.6 Å². The summed E-state index contributed by atoms with van der Waals surface area (Å²) in [5.41, 5.74) is 4.00. The topological polar surface area (TPSA) is 121 Å². The van der Waals surface area contributed by atoms with Crippen LogP contribution in [0.5, 0.6) is 17.2 Å². The summed E-state index contributed by atoms with van der Waals surface area (Å²) in [6.45, 7) is 2.97. The molecule has 8 rings (SSSR count). The summed E-state index contributed by atoms with van der Waals surface area (Å²) in [5.74, 6) is -0.558. The molecule has 0 radical (unpaired) electrons. The van der Waals surface area contributed by atoms with Gasteiger partial charge in [-0.05, 0) is 39.9 Å². The number of hydrogen-bond acceptors (Lipinski definition) is 11. The van der Waals surface area contributed by atoms with Crippen LogP contribution in [0.3, 0.4) is 0 Å². The van der Waals surface area contributed by atoms with Gasteiger partial charge < -0.3 is 42.3 Å². The lowest BCUT2D eigenvalue weighted by Crippen LogP contribution is -2.62. The molecule has 0 aliphatic carbocycles. The summed E-state index contributed by atoms with van der Waals surface area (Å²) in [5, 5.41) is 0.397. The SMILES string of the molecule is CCC(=O)Oc1c(OCc2ccccc2)c2ccc(O[C@H]3O[C@H](COCc4ccccc4)[C@@H](OCc4ccccc4)[C@H](OCc4ccccc4)[C@@H]3OCc3ccccc3)cc2oc1=O. The molecule has 0 N–H and O–H groups in total. The predicted octanol–water partition coefficient (Wildman–Crippen LogP) is 9.76. The van der Waals surface area contributed by atoms with E-state index in [1.807, 2.05) is 152 Å². The Hall–Kier alpha value is -6.60. The zero-order valence-electron chi connectivity index (χ0n) is 35.5. The van der Waals surface area contributed by atoms with E-state index in [-0.39, 0.29) is 56.5 Å². The van der Waals surface area contributed by atoms with Gasteiger partial charge in [0.2, 0.25) is 6.29 Å². The summed E-state index contributed by atoms with van der Waals surface area (Å²) in [4.78, 5) is 26.0. The third-order valence-corrected chi connectivity index (χ3v) is 10.6. The van der Waals surface area contributed by atoms with E-state index in [9.17, 15) is 9.59 Å². The van der Waals surface area contributed by atoms with Crippen LogP contribution in [0.4, 0.5) is 0 Å². The number of carbonyl (C=O) groups excluding carboxylic acids is 1. The Morgan fingerprint density at radius 1 is 0.547 bits per heavy atom. The van der Waals surface area contributed by atoms with E-state index in [1.165, 1.54) is 0 Å². The molecule has 7 aromatic rings. The predicted molar refractivity (Wildman–Crippen MR) is 240 cm³/mol. The van der Waals surface area contributed by atoms with E-state index in [2.05, 4.69) is 0 Å². The quantitative estimate of drug-likeness (QED) is 0.0538. The third kappa shape index (κ3) is 11.7. The number of ether oxygens (including phenoxy) is 8. The maximum atomic E-state index is 13.5. The zero-order chi connectivity index (χ0) is 43.9. The van der Waals surface area contributed by atoms with Gasteiger partial charge in [-0.1, -0.05) is 159 Å². The minimum atomic E-state index is -1.07. The van der Waals surface area contributed by atoms with Gasteiger partial charge in [-0.25, -0.2) is 4.79 Å². The van der Waals surface area contributed by atoms with Crippen molar-refractivity contribution in [3.05, 3.63) is 208 Å². The molecule has 5 atom stereocenters. The highest BCUT2D eigenvalue weighted by molar-refractivity contribution is 5.88. The van der Waals surface area contributed by atoms with Crippen molar-refractivity contribution in [3.8, 4) is 17.2 Å².